The van der Waals surface area contributed by atoms with Crippen LogP contribution in [0.3, 0.4) is 0 Å². The van der Waals surface area contributed by atoms with Crippen molar-refractivity contribution in [2.45, 2.75) is 100 Å². The largest absolute Gasteiger partial charge is 0.460 e. The normalized spacial score (nSPS) is 48.5. The van der Waals surface area contributed by atoms with Crippen LogP contribution in [0, 0.1) is 21.7 Å². The summed E-state index contributed by atoms with van der Waals surface area (Å²) in [5.74, 6) is 1.29. The fraction of sp³-hybridized carbons (Fsp3) is 0.778. The Morgan fingerprint density at radius 2 is 0.653 bits per heavy atom. The Labute approximate surface area is 286 Å². The second-order valence-corrected chi connectivity index (χ2v) is 16.5. The molecule has 8 heterocycles. The van der Waals surface area contributed by atoms with Crippen molar-refractivity contribution in [3.63, 3.8) is 0 Å². The molecule has 8 atom stereocenters. The molecule has 8 saturated heterocycles. The summed E-state index contributed by atoms with van der Waals surface area (Å²) in [5, 5.41) is 0. The Balaban J connectivity index is 1.15. The molecule has 268 valence electrons. The summed E-state index contributed by atoms with van der Waals surface area (Å²) in [7, 11) is 0. The van der Waals surface area contributed by atoms with Crippen LogP contribution in [0.4, 0.5) is 0 Å². The van der Waals surface area contributed by atoms with E-state index >= 15 is 0 Å². The van der Waals surface area contributed by atoms with Crippen LogP contribution in [0.2, 0.25) is 0 Å². The molecule has 8 N–H and O–H groups in total. The number of allylic oxidation sites excluding steroid dienone is 4. The third-order valence-electron chi connectivity index (χ3n) is 12.8. The molecule has 0 saturated carbocycles. The van der Waals surface area contributed by atoms with Gasteiger partial charge in [-0.1, -0.05) is 12.2 Å². The molecule has 0 aromatic carbocycles. The van der Waals surface area contributed by atoms with E-state index in [9.17, 15) is 0 Å². The minimum atomic E-state index is -0.636. The van der Waals surface area contributed by atoms with Crippen LogP contribution in [-0.4, -0.2) is 102 Å². The van der Waals surface area contributed by atoms with E-state index in [0.717, 1.165) is 25.7 Å². The number of hydrogen-bond donors (Lipinski definition) is 4. The van der Waals surface area contributed by atoms with Crippen molar-refractivity contribution in [3.05, 3.63) is 46.5 Å². The Kier molecular flexibility index (Phi) is 7.09. The van der Waals surface area contributed by atoms with Crippen molar-refractivity contribution in [1.29, 1.82) is 0 Å². The Morgan fingerprint density at radius 3 is 0.878 bits per heavy atom. The second kappa shape index (κ2) is 11.1. The third-order valence-corrected chi connectivity index (χ3v) is 12.8. The highest BCUT2D eigenvalue weighted by Gasteiger charge is 2.66. The molecule has 10 rings (SSSR count). The average Bonchev–Trinajstić information content (AvgIpc) is 3.83. The Bertz CT molecular complexity index is 1330. The van der Waals surface area contributed by atoms with Crippen molar-refractivity contribution in [2.75, 3.05) is 52.9 Å². The first-order valence-corrected chi connectivity index (χ1v) is 18.3. The molecule has 0 aromatic rings. The minimum Gasteiger partial charge on any atom is -0.460 e. The number of hydrogen-bond acceptors (Lipinski definition) is 13. The fourth-order valence-electron chi connectivity index (χ4n) is 9.87. The first-order chi connectivity index (χ1) is 23.7. The zero-order valence-electron chi connectivity index (χ0n) is 28.1. The monoisotopic (exact) mass is 682 g/mol. The first kappa shape index (κ1) is 31.4. The summed E-state index contributed by atoms with van der Waals surface area (Å²) < 4.78 is 55.4. The topological polar surface area (TPSA) is 214 Å². The molecule has 13 heteroatoms. The van der Waals surface area contributed by atoms with Crippen LogP contribution in [0.5, 0.6) is 0 Å². The number of ether oxygens (including phenoxy) is 9. The maximum Gasteiger partial charge on any atom is 0.136 e. The van der Waals surface area contributed by atoms with Crippen molar-refractivity contribution in [3.8, 4) is 0 Å². The minimum absolute atomic E-state index is 0.0581. The third kappa shape index (κ3) is 5.87. The van der Waals surface area contributed by atoms with Crippen LogP contribution in [0.1, 0.15) is 51.4 Å². The van der Waals surface area contributed by atoms with Crippen molar-refractivity contribution >= 4 is 0 Å². The van der Waals surface area contributed by atoms with Crippen molar-refractivity contribution in [1.82, 2.24) is 0 Å². The second-order valence-electron chi connectivity index (χ2n) is 16.5. The summed E-state index contributed by atoms with van der Waals surface area (Å²) in [6, 6.07) is 0. The molecule has 8 aliphatic heterocycles. The molecule has 10 aliphatic rings. The van der Waals surface area contributed by atoms with Gasteiger partial charge in [-0.15, -0.1) is 0 Å². The van der Waals surface area contributed by atoms with Gasteiger partial charge in [0.1, 0.15) is 11.5 Å². The van der Waals surface area contributed by atoms with E-state index in [4.69, 9.17) is 65.6 Å². The molecule has 0 bridgehead atoms. The van der Waals surface area contributed by atoms with Gasteiger partial charge in [0, 0.05) is 21.7 Å². The smallest absolute Gasteiger partial charge is 0.136 e. The van der Waals surface area contributed by atoms with Gasteiger partial charge in [0.2, 0.25) is 0 Å². The summed E-state index contributed by atoms with van der Waals surface area (Å²) in [5.41, 5.74) is 27.9. The van der Waals surface area contributed by atoms with Crippen LogP contribution < -0.4 is 22.9 Å². The molecular formula is C36H50N4O9. The predicted molar refractivity (Wildman–Crippen MR) is 173 cm³/mol. The maximum atomic E-state index is 7.64. The van der Waals surface area contributed by atoms with Gasteiger partial charge >= 0.3 is 0 Å². The molecule has 0 amide bonds. The lowest BCUT2D eigenvalue weighted by Gasteiger charge is -2.56. The van der Waals surface area contributed by atoms with Crippen molar-refractivity contribution < 1.29 is 42.6 Å². The van der Waals surface area contributed by atoms with Gasteiger partial charge in [0.15, 0.2) is 0 Å². The highest BCUT2D eigenvalue weighted by Crippen LogP contribution is 2.68. The predicted octanol–water partition coefficient (Wildman–Crippen LogP) is 1.31. The van der Waals surface area contributed by atoms with Gasteiger partial charge in [-0.2, -0.15) is 0 Å². The van der Waals surface area contributed by atoms with Crippen molar-refractivity contribution in [2.24, 2.45) is 44.6 Å². The number of nitrogens with two attached hydrogens (primary N) is 4. The summed E-state index contributed by atoms with van der Waals surface area (Å²) in [4.78, 5) is 0. The molecule has 49 heavy (non-hydrogen) atoms. The SMILES string of the molecule is NC1=CC(CC2CO2)(CC2CO2)C(CC2CO2)(CC2CO2)C(OC2=C(N)C(N)=CC(CC3CO3)(CC3CO3)C2(CC2CO2)CC2CO2)=C1N. The Morgan fingerprint density at radius 1 is 0.429 bits per heavy atom. The molecule has 8 unspecified atom stereocenters. The highest BCUT2D eigenvalue weighted by molar-refractivity contribution is 5.47. The summed E-state index contributed by atoms with van der Waals surface area (Å²) in [6.07, 6.45) is 10.9. The van der Waals surface area contributed by atoms with Crippen LogP contribution >= 0.6 is 0 Å². The van der Waals surface area contributed by atoms with E-state index in [2.05, 4.69) is 12.2 Å². The highest BCUT2D eigenvalue weighted by atomic mass is 16.6. The average molecular weight is 683 g/mol. The van der Waals surface area contributed by atoms with Gasteiger partial charge in [-0.3, -0.25) is 0 Å². The number of epoxide rings is 8. The molecular weight excluding hydrogens is 632 g/mol. The van der Waals surface area contributed by atoms with E-state index in [1.807, 2.05) is 0 Å². The zero-order valence-corrected chi connectivity index (χ0v) is 28.1. The van der Waals surface area contributed by atoms with E-state index in [1.165, 1.54) is 0 Å². The summed E-state index contributed by atoms with van der Waals surface area (Å²) in [6.45, 7) is 5.60. The molecule has 2 aliphatic carbocycles. The first-order valence-electron chi connectivity index (χ1n) is 18.3. The Hall–Kier alpha value is -2.36. The van der Waals surface area contributed by atoms with E-state index < -0.39 is 21.7 Å². The lowest BCUT2D eigenvalue weighted by Crippen LogP contribution is -2.53. The lowest BCUT2D eigenvalue weighted by molar-refractivity contribution is -0.0418. The molecule has 8 fully saturated rings. The molecule has 0 radical (unpaired) electrons. The molecule has 0 aromatic heterocycles. The van der Waals surface area contributed by atoms with Crippen LogP contribution in [0.15, 0.2) is 46.5 Å². The lowest BCUT2D eigenvalue weighted by atomic mass is 9.51. The number of rotatable bonds is 18. The van der Waals surface area contributed by atoms with Gasteiger partial charge in [-0.05, 0) is 51.4 Å². The van der Waals surface area contributed by atoms with E-state index in [1.54, 1.807) is 0 Å². The van der Waals surface area contributed by atoms with Crippen LogP contribution in [-0.2, 0) is 42.6 Å². The molecule has 13 nitrogen and oxygen atoms in total. The van der Waals surface area contributed by atoms with E-state index in [0.29, 0.717) is 113 Å². The maximum absolute atomic E-state index is 7.64. The fourth-order valence-corrected chi connectivity index (χ4v) is 9.87. The molecule has 0 spiro atoms. The van der Waals surface area contributed by atoms with Crippen LogP contribution in [0.25, 0.3) is 0 Å². The standard InChI is InChI=1S/C36H50N4O9/c37-27-9-33(1-19-11-41-19,2-20-12-42-20)35(5-23-15-45-23,6-24-16-46-24)31(29(27)39)49-32-30(40)28(38)10-34(3-21-13-43-21,4-22-14-44-22)36(32,7-25-17-47-25)8-26-18-48-26/h9-10,19-26H,1-8,11-18,37-40H2. The quantitative estimate of drug-likeness (QED) is 0.150. The zero-order chi connectivity index (χ0) is 33.2. The van der Waals surface area contributed by atoms with Gasteiger partial charge in [0.05, 0.1) is 124 Å². The van der Waals surface area contributed by atoms with Gasteiger partial charge in [0.25, 0.3) is 0 Å². The van der Waals surface area contributed by atoms with Gasteiger partial charge in [-0.25, -0.2) is 0 Å². The van der Waals surface area contributed by atoms with Gasteiger partial charge < -0.3 is 65.6 Å². The van der Waals surface area contributed by atoms with E-state index in [-0.39, 0.29) is 48.8 Å². The summed E-state index contributed by atoms with van der Waals surface area (Å²) >= 11 is 0.